The zero-order valence-electron chi connectivity index (χ0n) is 15.0. The van der Waals surface area contributed by atoms with Crippen molar-refractivity contribution in [1.82, 2.24) is 19.9 Å². The van der Waals surface area contributed by atoms with Crippen LogP contribution in [0.2, 0.25) is 0 Å². The molecule has 0 radical (unpaired) electrons. The summed E-state index contributed by atoms with van der Waals surface area (Å²) in [6, 6.07) is 9.80. The van der Waals surface area contributed by atoms with Crippen molar-refractivity contribution >= 4 is 28.3 Å². The summed E-state index contributed by atoms with van der Waals surface area (Å²) in [5.74, 6) is 0.0751. The molecule has 132 valence electrons. The minimum atomic E-state index is 0.0751. The Hall–Kier alpha value is -2.21. The molecule has 0 aliphatic rings. The van der Waals surface area contributed by atoms with Crippen molar-refractivity contribution in [2.24, 2.45) is 5.41 Å². The number of hydrogen-bond donors (Lipinski definition) is 0. The standard InChI is InChI=1S/C19H24N4OS/c1-19(2,3)9-10-22(12-15-8-11-25-14-15)18(24)13-23-17-7-5-4-6-16(17)20-21-23/h4-8,11,14H,9-10,12-13H2,1-3H3. The van der Waals surface area contributed by atoms with E-state index in [1.165, 1.54) is 5.56 Å². The molecule has 25 heavy (non-hydrogen) atoms. The topological polar surface area (TPSA) is 51.0 Å². The van der Waals surface area contributed by atoms with Gasteiger partial charge in [-0.25, -0.2) is 4.68 Å². The van der Waals surface area contributed by atoms with Crippen LogP contribution in [0.3, 0.4) is 0 Å². The van der Waals surface area contributed by atoms with Gasteiger partial charge in [0, 0.05) is 13.1 Å². The summed E-state index contributed by atoms with van der Waals surface area (Å²) in [6.07, 6.45) is 0.959. The van der Waals surface area contributed by atoms with Crippen LogP contribution in [0.1, 0.15) is 32.8 Å². The Morgan fingerprint density at radius 1 is 1.24 bits per heavy atom. The normalized spacial score (nSPS) is 11.8. The van der Waals surface area contributed by atoms with Crippen molar-refractivity contribution in [3.05, 3.63) is 46.7 Å². The van der Waals surface area contributed by atoms with Crippen LogP contribution in [0.15, 0.2) is 41.1 Å². The van der Waals surface area contributed by atoms with Crippen molar-refractivity contribution in [3.8, 4) is 0 Å². The molecule has 1 amide bonds. The molecule has 0 unspecified atom stereocenters. The van der Waals surface area contributed by atoms with E-state index in [9.17, 15) is 4.79 Å². The first-order chi connectivity index (χ1) is 11.9. The van der Waals surface area contributed by atoms with Crippen LogP contribution in [0, 0.1) is 5.41 Å². The van der Waals surface area contributed by atoms with Crippen LogP contribution < -0.4 is 0 Å². The molecule has 0 bridgehead atoms. The number of rotatable bonds is 6. The third-order valence-corrected chi connectivity index (χ3v) is 4.88. The summed E-state index contributed by atoms with van der Waals surface area (Å²) in [7, 11) is 0. The monoisotopic (exact) mass is 356 g/mol. The molecule has 0 atom stereocenters. The largest absolute Gasteiger partial charge is 0.337 e. The molecule has 0 saturated heterocycles. The summed E-state index contributed by atoms with van der Waals surface area (Å²) >= 11 is 1.66. The van der Waals surface area contributed by atoms with E-state index in [0.29, 0.717) is 6.54 Å². The van der Waals surface area contributed by atoms with Gasteiger partial charge in [-0.2, -0.15) is 11.3 Å². The number of benzene rings is 1. The average molecular weight is 356 g/mol. The highest BCUT2D eigenvalue weighted by Crippen LogP contribution is 2.20. The van der Waals surface area contributed by atoms with Gasteiger partial charge in [-0.3, -0.25) is 4.79 Å². The van der Waals surface area contributed by atoms with E-state index in [-0.39, 0.29) is 17.9 Å². The van der Waals surface area contributed by atoms with Crippen LogP contribution >= 0.6 is 11.3 Å². The van der Waals surface area contributed by atoms with Crippen molar-refractivity contribution in [2.45, 2.75) is 40.3 Å². The van der Waals surface area contributed by atoms with Crippen LogP contribution in [0.25, 0.3) is 11.0 Å². The van der Waals surface area contributed by atoms with Gasteiger partial charge in [-0.05, 0) is 46.4 Å². The Bertz CT molecular complexity index is 833. The Morgan fingerprint density at radius 3 is 2.76 bits per heavy atom. The maximum atomic E-state index is 12.9. The van der Waals surface area contributed by atoms with Gasteiger partial charge in [0.2, 0.25) is 5.91 Å². The van der Waals surface area contributed by atoms with Gasteiger partial charge < -0.3 is 4.90 Å². The lowest BCUT2D eigenvalue weighted by atomic mass is 9.92. The van der Waals surface area contributed by atoms with Gasteiger partial charge in [0.25, 0.3) is 0 Å². The third-order valence-electron chi connectivity index (χ3n) is 4.14. The second-order valence-corrected chi connectivity index (χ2v) is 8.27. The predicted molar refractivity (Wildman–Crippen MR) is 101 cm³/mol. The van der Waals surface area contributed by atoms with Gasteiger partial charge in [0.1, 0.15) is 12.1 Å². The van der Waals surface area contributed by atoms with Gasteiger partial charge >= 0.3 is 0 Å². The van der Waals surface area contributed by atoms with E-state index in [0.717, 1.165) is 24.0 Å². The van der Waals surface area contributed by atoms with Gasteiger partial charge in [-0.15, -0.1) is 5.10 Å². The molecule has 3 aromatic rings. The van der Waals surface area contributed by atoms with E-state index >= 15 is 0 Å². The highest BCUT2D eigenvalue weighted by atomic mass is 32.1. The van der Waals surface area contributed by atoms with E-state index in [4.69, 9.17) is 0 Å². The molecule has 2 aromatic heterocycles. The van der Waals surface area contributed by atoms with Gasteiger partial charge in [-0.1, -0.05) is 38.1 Å². The van der Waals surface area contributed by atoms with Crippen molar-refractivity contribution in [2.75, 3.05) is 6.54 Å². The fourth-order valence-corrected chi connectivity index (χ4v) is 3.29. The van der Waals surface area contributed by atoms with E-state index in [1.807, 2.05) is 34.5 Å². The number of amides is 1. The maximum absolute atomic E-state index is 12.9. The molecule has 0 saturated carbocycles. The first kappa shape index (κ1) is 17.6. The van der Waals surface area contributed by atoms with E-state index < -0.39 is 0 Å². The number of aromatic nitrogens is 3. The summed E-state index contributed by atoms with van der Waals surface area (Å²) in [6.45, 7) is 8.20. The van der Waals surface area contributed by atoms with E-state index in [1.54, 1.807) is 16.0 Å². The fraction of sp³-hybridized carbons (Fsp3) is 0.421. The Morgan fingerprint density at radius 2 is 2.04 bits per heavy atom. The number of thiophene rings is 1. The van der Waals surface area contributed by atoms with Crippen LogP contribution in [-0.2, 0) is 17.9 Å². The smallest absolute Gasteiger partial charge is 0.244 e. The van der Waals surface area contributed by atoms with Crippen LogP contribution in [0.5, 0.6) is 0 Å². The molecular formula is C19H24N4OS. The van der Waals surface area contributed by atoms with Crippen LogP contribution in [0.4, 0.5) is 0 Å². The summed E-state index contributed by atoms with van der Waals surface area (Å²) in [5.41, 5.74) is 3.07. The molecular weight excluding hydrogens is 332 g/mol. The molecule has 6 heteroatoms. The molecule has 2 heterocycles. The second-order valence-electron chi connectivity index (χ2n) is 7.49. The lowest BCUT2D eigenvalue weighted by Crippen LogP contribution is -2.35. The first-order valence-corrected chi connectivity index (χ1v) is 9.44. The third kappa shape index (κ3) is 4.66. The second kappa shape index (κ2) is 7.35. The molecule has 3 rings (SSSR count). The van der Waals surface area contributed by atoms with Crippen molar-refractivity contribution in [3.63, 3.8) is 0 Å². The number of para-hydroxylation sites is 1. The number of fused-ring (bicyclic) bond motifs is 1. The average Bonchev–Trinajstić information content (AvgIpc) is 3.21. The van der Waals surface area contributed by atoms with Crippen molar-refractivity contribution < 1.29 is 4.79 Å². The molecule has 0 aliphatic heterocycles. The minimum Gasteiger partial charge on any atom is -0.337 e. The van der Waals surface area contributed by atoms with E-state index in [2.05, 4.69) is 42.5 Å². The molecule has 5 nitrogen and oxygen atoms in total. The van der Waals surface area contributed by atoms with Gasteiger partial charge in [0.05, 0.1) is 5.52 Å². The SMILES string of the molecule is CC(C)(C)CCN(Cc1ccsc1)C(=O)Cn1nnc2ccccc21. The molecule has 0 fully saturated rings. The zero-order valence-corrected chi connectivity index (χ0v) is 15.8. The fourth-order valence-electron chi connectivity index (χ4n) is 2.63. The summed E-state index contributed by atoms with van der Waals surface area (Å²) in [5, 5.41) is 12.4. The van der Waals surface area contributed by atoms with Gasteiger partial charge in [0.15, 0.2) is 0 Å². The minimum absolute atomic E-state index is 0.0751. The maximum Gasteiger partial charge on any atom is 0.244 e. The highest BCUT2D eigenvalue weighted by molar-refractivity contribution is 7.07. The number of nitrogens with zero attached hydrogens (tertiary/aromatic N) is 4. The Kier molecular flexibility index (Phi) is 5.18. The Labute approximate surface area is 152 Å². The first-order valence-electron chi connectivity index (χ1n) is 8.49. The molecule has 0 aliphatic carbocycles. The molecule has 0 spiro atoms. The molecule has 1 aromatic carbocycles. The lowest BCUT2D eigenvalue weighted by molar-refractivity contribution is -0.132. The van der Waals surface area contributed by atoms with Crippen molar-refractivity contribution in [1.29, 1.82) is 0 Å². The summed E-state index contributed by atoms with van der Waals surface area (Å²) < 4.78 is 1.69. The highest BCUT2D eigenvalue weighted by Gasteiger charge is 2.19. The number of carbonyl (C=O) groups is 1. The number of carbonyl (C=O) groups excluding carboxylic acids is 1. The molecule has 0 N–H and O–H groups in total. The number of hydrogen-bond acceptors (Lipinski definition) is 4. The Balaban J connectivity index is 1.75. The zero-order chi connectivity index (χ0) is 17.9. The quantitative estimate of drug-likeness (QED) is 0.672. The predicted octanol–water partition coefficient (Wildman–Crippen LogP) is 3.96. The van der Waals surface area contributed by atoms with Crippen LogP contribution in [-0.4, -0.2) is 32.3 Å². The lowest BCUT2D eigenvalue weighted by Gasteiger charge is -2.27. The summed E-state index contributed by atoms with van der Waals surface area (Å²) in [4.78, 5) is 14.9.